The lowest BCUT2D eigenvalue weighted by Crippen LogP contribution is -2.38. The SMILES string of the molecule is COCCNS(=O)(=O)NCCCCCCC(=O)O. The van der Waals surface area contributed by atoms with Crippen LogP contribution in [0.5, 0.6) is 0 Å². The summed E-state index contributed by atoms with van der Waals surface area (Å²) in [4.78, 5) is 10.2. The molecule has 0 heterocycles. The number of carbonyl (C=O) groups is 1. The molecule has 0 amide bonds. The van der Waals surface area contributed by atoms with Gasteiger partial charge in [-0.25, -0.2) is 4.72 Å². The third-order valence-corrected chi connectivity index (χ3v) is 3.38. The number of carboxylic acids is 1. The molecule has 0 atom stereocenters. The molecule has 3 N–H and O–H groups in total. The first-order valence-corrected chi connectivity index (χ1v) is 7.41. The zero-order valence-corrected chi connectivity index (χ0v) is 11.5. The van der Waals surface area contributed by atoms with Crippen molar-refractivity contribution in [3.8, 4) is 0 Å². The first kappa shape index (κ1) is 17.3. The van der Waals surface area contributed by atoms with Gasteiger partial charge in [-0.15, -0.1) is 0 Å². The molecule has 0 aliphatic carbocycles. The average molecular weight is 282 g/mol. The summed E-state index contributed by atoms with van der Waals surface area (Å²) in [5.41, 5.74) is 0. The number of hydrogen-bond acceptors (Lipinski definition) is 4. The Labute approximate surface area is 108 Å². The fourth-order valence-corrected chi connectivity index (χ4v) is 2.16. The highest BCUT2D eigenvalue weighted by molar-refractivity contribution is 7.87. The third-order valence-electron chi connectivity index (χ3n) is 2.21. The van der Waals surface area contributed by atoms with Gasteiger partial charge in [0.2, 0.25) is 0 Å². The van der Waals surface area contributed by atoms with E-state index in [4.69, 9.17) is 9.84 Å². The van der Waals surface area contributed by atoms with Gasteiger partial charge < -0.3 is 9.84 Å². The highest BCUT2D eigenvalue weighted by Crippen LogP contribution is 2.02. The highest BCUT2D eigenvalue weighted by atomic mass is 32.2. The van der Waals surface area contributed by atoms with Gasteiger partial charge in [0.1, 0.15) is 0 Å². The molecule has 18 heavy (non-hydrogen) atoms. The van der Waals surface area contributed by atoms with E-state index in [2.05, 4.69) is 9.44 Å². The Hall–Kier alpha value is -0.700. The van der Waals surface area contributed by atoms with Crippen LogP contribution in [0.2, 0.25) is 0 Å². The van der Waals surface area contributed by atoms with Crippen molar-refractivity contribution < 1.29 is 23.1 Å². The van der Waals surface area contributed by atoms with Gasteiger partial charge in [-0.2, -0.15) is 13.1 Å². The van der Waals surface area contributed by atoms with E-state index < -0.39 is 16.2 Å². The molecule has 0 fully saturated rings. The van der Waals surface area contributed by atoms with Crippen LogP contribution in [0.1, 0.15) is 32.1 Å². The molecule has 0 saturated carbocycles. The Morgan fingerprint density at radius 2 is 1.72 bits per heavy atom. The van der Waals surface area contributed by atoms with Crippen LogP contribution in [0.25, 0.3) is 0 Å². The van der Waals surface area contributed by atoms with E-state index in [9.17, 15) is 13.2 Å². The molecule has 0 bridgehead atoms. The van der Waals surface area contributed by atoms with Gasteiger partial charge in [-0.3, -0.25) is 4.79 Å². The summed E-state index contributed by atoms with van der Waals surface area (Å²) in [7, 11) is -1.94. The molecule has 0 rings (SSSR count). The van der Waals surface area contributed by atoms with Gasteiger partial charge in [0, 0.05) is 26.6 Å². The molecule has 8 heteroatoms. The summed E-state index contributed by atoms with van der Waals surface area (Å²) in [6.07, 6.45) is 3.11. The second-order valence-corrected chi connectivity index (χ2v) is 5.43. The van der Waals surface area contributed by atoms with Crippen LogP contribution in [-0.4, -0.2) is 46.3 Å². The monoisotopic (exact) mass is 282 g/mol. The molecule has 0 aromatic carbocycles. The minimum absolute atomic E-state index is 0.171. The van der Waals surface area contributed by atoms with Crippen molar-refractivity contribution in [2.24, 2.45) is 0 Å². The zero-order chi connectivity index (χ0) is 13.9. The fourth-order valence-electron chi connectivity index (χ4n) is 1.29. The summed E-state index contributed by atoms with van der Waals surface area (Å²) in [6.45, 7) is 0.927. The molecule has 0 aliphatic rings. The van der Waals surface area contributed by atoms with Crippen molar-refractivity contribution in [1.82, 2.24) is 9.44 Å². The third kappa shape index (κ3) is 11.8. The Morgan fingerprint density at radius 3 is 2.33 bits per heavy atom. The van der Waals surface area contributed by atoms with Crippen molar-refractivity contribution in [3.63, 3.8) is 0 Å². The summed E-state index contributed by atoms with van der Waals surface area (Å²) >= 11 is 0. The predicted molar refractivity (Wildman–Crippen MR) is 67.5 cm³/mol. The lowest BCUT2D eigenvalue weighted by molar-refractivity contribution is -0.137. The number of nitrogens with one attached hydrogen (secondary N) is 2. The number of ether oxygens (including phenoxy) is 1. The summed E-state index contributed by atoms with van der Waals surface area (Å²) in [5, 5.41) is 8.42. The lowest BCUT2D eigenvalue weighted by Gasteiger charge is -2.07. The summed E-state index contributed by atoms with van der Waals surface area (Å²) in [5.74, 6) is -0.793. The van der Waals surface area contributed by atoms with Crippen molar-refractivity contribution in [3.05, 3.63) is 0 Å². The maximum Gasteiger partial charge on any atom is 0.303 e. The van der Waals surface area contributed by atoms with Crippen molar-refractivity contribution >= 4 is 16.2 Å². The predicted octanol–water partition coefficient (Wildman–Crippen LogP) is 0.0919. The first-order chi connectivity index (χ1) is 8.48. The molecule has 0 aliphatic heterocycles. The smallest absolute Gasteiger partial charge is 0.303 e. The number of methoxy groups -OCH3 is 1. The zero-order valence-electron chi connectivity index (χ0n) is 10.6. The van der Waals surface area contributed by atoms with Crippen LogP contribution < -0.4 is 9.44 Å². The normalized spacial score (nSPS) is 11.6. The first-order valence-electron chi connectivity index (χ1n) is 5.93. The van der Waals surface area contributed by atoms with Gasteiger partial charge in [0.05, 0.1) is 6.61 Å². The number of aliphatic carboxylic acids is 1. The van der Waals surface area contributed by atoms with Crippen molar-refractivity contribution in [2.45, 2.75) is 32.1 Å². The number of carboxylic acid groups (broad SMARTS) is 1. The fraction of sp³-hybridized carbons (Fsp3) is 0.900. The number of hydrogen-bond donors (Lipinski definition) is 3. The molecular formula is C10H22N2O5S. The molecular weight excluding hydrogens is 260 g/mol. The van der Waals surface area contributed by atoms with Crippen LogP contribution in [-0.2, 0) is 19.7 Å². The summed E-state index contributed by atoms with van der Waals surface area (Å²) in [6, 6.07) is 0. The molecule has 108 valence electrons. The molecule has 0 spiro atoms. The Kier molecular flexibility index (Phi) is 9.85. The van der Waals surface area contributed by atoms with Crippen molar-refractivity contribution in [1.29, 1.82) is 0 Å². The van der Waals surface area contributed by atoms with E-state index in [-0.39, 0.29) is 13.0 Å². The van der Waals surface area contributed by atoms with Gasteiger partial charge in [-0.1, -0.05) is 12.8 Å². The van der Waals surface area contributed by atoms with E-state index in [0.29, 0.717) is 26.0 Å². The van der Waals surface area contributed by atoms with Gasteiger partial charge >= 0.3 is 5.97 Å². The second-order valence-electron chi connectivity index (χ2n) is 3.84. The van der Waals surface area contributed by atoms with E-state index in [1.165, 1.54) is 7.11 Å². The van der Waals surface area contributed by atoms with Crippen molar-refractivity contribution in [2.75, 3.05) is 26.8 Å². The quantitative estimate of drug-likeness (QED) is 0.440. The standard InChI is InChI=1S/C10H22N2O5S/c1-17-9-8-12-18(15,16)11-7-5-3-2-4-6-10(13)14/h11-12H,2-9H2,1H3,(H,13,14). The molecule has 0 aromatic heterocycles. The highest BCUT2D eigenvalue weighted by Gasteiger charge is 2.06. The second kappa shape index (κ2) is 10.2. The maximum atomic E-state index is 11.3. The van der Waals surface area contributed by atoms with Crippen LogP contribution in [0.15, 0.2) is 0 Å². The Morgan fingerprint density at radius 1 is 1.11 bits per heavy atom. The Bertz CT molecular complexity index is 318. The lowest BCUT2D eigenvalue weighted by atomic mass is 10.1. The maximum absolute atomic E-state index is 11.3. The van der Waals surface area contributed by atoms with Gasteiger partial charge in [0.15, 0.2) is 0 Å². The molecule has 7 nitrogen and oxygen atoms in total. The van der Waals surface area contributed by atoms with Crippen LogP contribution in [0, 0.1) is 0 Å². The van der Waals surface area contributed by atoms with Crippen LogP contribution >= 0.6 is 0 Å². The van der Waals surface area contributed by atoms with E-state index in [1.54, 1.807) is 0 Å². The van der Waals surface area contributed by atoms with Gasteiger partial charge in [0.25, 0.3) is 10.2 Å². The molecule has 0 unspecified atom stereocenters. The minimum atomic E-state index is -3.43. The number of unbranched alkanes of at least 4 members (excludes halogenated alkanes) is 3. The average Bonchev–Trinajstić information content (AvgIpc) is 2.27. The largest absolute Gasteiger partial charge is 0.481 e. The topological polar surface area (TPSA) is 105 Å². The van der Waals surface area contributed by atoms with Crippen LogP contribution in [0.3, 0.4) is 0 Å². The van der Waals surface area contributed by atoms with E-state index in [0.717, 1.165) is 12.8 Å². The number of rotatable bonds is 12. The van der Waals surface area contributed by atoms with E-state index in [1.807, 2.05) is 0 Å². The minimum Gasteiger partial charge on any atom is -0.481 e. The summed E-state index contributed by atoms with van der Waals surface area (Å²) < 4.78 is 32.1. The Balaban J connectivity index is 3.44. The van der Waals surface area contributed by atoms with Gasteiger partial charge in [-0.05, 0) is 12.8 Å². The molecule has 0 radical (unpaired) electrons. The van der Waals surface area contributed by atoms with Crippen LogP contribution in [0.4, 0.5) is 0 Å². The van der Waals surface area contributed by atoms with E-state index >= 15 is 0 Å². The molecule has 0 aromatic rings. The molecule has 0 saturated heterocycles.